The molecule has 0 bridgehead atoms. The minimum Gasteiger partial charge on any atom is -0.354 e. The molecule has 1 aliphatic rings. The Bertz CT molecular complexity index is 291. The van der Waals surface area contributed by atoms with Crippen molar-refractivity contribution < 1.29 is 9.13 Å². The molecule has 3 heteroatoms. The van der Waals surface area contributed by atoms with E-state index in [9.17, 15) is 4.39 Å². The second kappa shape index (κ2) is 4.07. The van der Waals surface area contributed by atoms with E-state index in [1.54, 1.807) is 0 Å². The standard InChI is InChI=1S/C11H14FNO/c1-8-13-10(7-12)11(14-8)9-5-3-2-4-6-9/h2-6,8,10-11,13H,7H2,1H3. The van der Waals surface area contributed by atoms with Gasteiger partial charge < -0.3 is 4.74 Å². The Morgan fingerprint density at radius 3 is 2.71 bits per heavy atom. The van der Waals surface area contributed by atoms with Crippen molar-refractivity contribution >= 4 is 0 Å². The summed E-state index contributed by atoms with van der Waals surface area (Å²) in [5, 5.41) is 3.05. The van der Waals surface area contributed by atoms with Crippen molar-refractivity contribution in [3.05, 3.63) is 35.9 Å². The maximum Gasteiger partial charge on any atom is 0.108 e. The van der Waals surface area contributed by atoms with Crippen LogP contribution in [0.4, 0.5) is 4.39 Å². The molecule has 1 saturated heterocycles. The highest BCUT2D eigenvalue weighted by atomic mass is 19.1. The molecule has 2 nitrogen and oxygen atoms in total. The quantitative estimate of drug-likeness (QED) is 0.779. The zero-order valence-corrected chi connectivity index (χ0v) is 8.11. The number of hydrogen-bond acceptors (Lipinski definition) is 2. The van der Waals surface area contributed by atoms with Gasteiger partial charge in [0.25, 0.3) is 0 Å². The summed E-state index contributed by atoms with van der Waals surface area (Å²) in [6, 6.07) is 9.54. The van der Waals surface area contributed by atoms with E-state index in [0.29, 0.717) is 0 Å². The van der Waals surface area contributed by atoms with Crippen LogP contribution in [0, 0.1) is 0 Å². The molecule has 0 radical (unpaired) electrons. The number of nitrogens with one attached hydrogen (secondary N) is 1. The molecule has 3 atom stereocenters. The van der Waals surface area contributed by atoms with Crippen molar-refractivity contribution in [1.29, 1.82) is 0 Å². The number of hydrogen-bond donors (Lipinski definition) is 1. The first-order valence-electron chi connectivity index (χ1n) is 4.83. The summed E-state index contributed by atoms with van der Waals surface area (Å²) < 4.78 is 18.3. The van der Waals surface area contributed by atoms with Gasteiger partial charge in [0.05, 0.1) is 6.04 Å². The van der Waals surface area contributed by atoms with Gasteiger partial charge >= 0.3 is 0 Å². The fraction of sp³-hybridized carbons (Fsp3) is 0.455. The van der Waals surface area contributed by atoms with Gasteiger partial charge in [-0.1, -0.05) is 30.3 Å². The van der Waals surface area contributed by atoms with Crippen LogP contribution in [0.5, 0.6) is 0 Å². The van der Waals surface area contributed by atoms with Gasteiger partial charge in [-0.2, -0.15) is 0 Å². The Morgan fingerprint density at radius 1 is 1.36 bits per heavy atom. The van der Waals surface area contributed by atoms with Gasteiger partial charge in [-0.15, -0.1) is 0 Å². The van der Waals surface area contributed by atoms with Gasteiger partial charge in [-0.25, -0.2) is 4.39 Å². The molecular weight excluding hydrogens is 181 g/mol. The number of ether oxygens (including phenoxy) is 1. The number of benzene rings is 1. The zero-order chi connectivity index (χ0) is 9.97. The summed E-state index contributed by atoms with van der Waals surface area (Å²) in [7, 11) is 0. The number of rotatable bonds is 2. The summed E-state index contributed by atoms with van der Waals surface area (Å²) in [5.41, 5.74) is 1.03. The summed E-state index contributed by atoms with van der Waals surface area (Å²) in [6.07, 6.45) is -0.225. The zero-order valence-electron chi connectivity index (χ0n) is 8.11. The molecule has 0 aromatic heterocycles. The average Bonchev–Trinajstić information content (AvgIpc) is 2.61. The molecule has 1 fully saturated rings. The molecule has 1 aliphatic heterocycles. The Hall–Kier alpha value is -0.930. The first-order valence-corrected chi connectivity index (χ1v) is 4.83. The fourth-order valence-electron chi connectivity index (χ4n) is 1.82. The van der Waals surface area contributed by atoms with E-state index in [1.807, 2.05) is 37.3 Å². The number of alkyl halides is 1. The molecule has 76 valence electrons. The highest BCUT2D eigenvalue weighted by Gasteiger charge is 2.32. The Morgan fingerprint density at radius 2 is 2.07 bits per heavy atom. The molecule has 3 unspecified atom stereocenters. The predicted octanol–water partition coefficient (Wildman–Crippen LogP) is 2.03. The van der Waals surface area contributed by atoms with E-state index < -0.39 is 6.67 Å². The Labute approximate surface area is 83.1 Å². The normalized spacial score (nSPS) is 32.0. The molecule has 1 aromatic carbocycles. The van der Waals surface area contributed by atoms with Gasteiger partial charge in [0.2, 0.25) is 0 Å². The van der Waals surface area contributed by atoms with Gasteiger partial charge in [-0.3, -0.25) is 5.32 Å². The van der Waals surface area contributed by atoms with Crippen LogP contribution < -0.4 is 5.32 Å². The third-order valence-corrected chi connectivity index (χ3v) is 2.46. The Balaban J connectivity index is 2.18. The lowest BCUT2D eigenvalue weighted by Crippen LogP contribution is -2.31. The molecule has 1 heterocycles. The summed E-state index contributed by atoms with van der Waals surface area (Å²) >= 11 is 0. The lowest BCUT2D eigenvalue weighted by atomic mass is 10.0. The smallest absolute Gasteiger partial charge is 0.108 e. The third kappa shape index (κ3) is 1.79. The SMILES string of the molecule is CC1NC(CF)C(c2ccccc2)O1. The van der Waals surface area contributed by atoms with Crippen LogP contribution >= 0.6 is 0 Å². The van der Waals surface area contributed by atoms with Crippen molar-refractivity contribution in [2.75, 3.05) is 6.67 Å². The first kappa shape index (κ1) is 9.62. The Kier molecular flexibility index (Phi) is 2.79. The van der Waals surface area contributed by atoms with E-state index >= 15 is 0 Å². The van der Waals surface area contributed by atoms with Gasteiger partial charge in [0.1, 0.15) is 19.0 Å². The fourth-order valence-corrected chi connectivity index (χ4v) is 1.82. The lowest BCUT2D eigenvalue weighted by Gasteiger charge is -2.14. The second-order valence-corrected chi connectivity index (χ2v) is 3.54. The van der Waals surface area contributed by atoms with E-state index in [1.165, 1.54) is 0 Å². The van der Waals surface area contributed by atoms with Crippen LogP contribution in [0.1, 0.15) is 18.6 Å². The highest BCUT2D eigenvalue weighted by molar-refractivity contribution is 5.20. The lowest BCUT2D eigenvalue weighted by molar-refractivity contribution is 0.0455. The van der Waals surface area contributed by atoms with Crippen molar-refractivity contribution in [3.63, 3.8) is 0 Å². The van der Waals surface area contributed by atoms with E-state index in [0.717, 1.165) is 5.56 Å². The molecule has 1 aromatic rings. The van der Waals surface area contributed by atoms with Crippen LogP contribution in [-0.4, -0.2) is 18.9 Å². The number of halogens is 1. The van der Waals surface area contributed by atoms with Crippen molar-refractivity contribution in [1.82, 2.24) is 5.32 Å². The highest BCUT2D eigenvalue weighted by Crippen LogP contribution is 2.27. The van der Waals surface area contributed by atoms with E-state index in [4.69, 9.17) is 4.74 Å². The largest absolute Gasteiger partial charge is 0.354 e. The molecule has 0 amide bonds. The molecular formula is C11H14FNO. The van der Waals surface area contributed by atoms with Crippen LogP contribution in [0.25, 0.3) is 0 Å². The predicted molar refractivity (Wildman–Crippen MR) is 52.6 cm³/mol. The van der Waals surface area contributed by atoms with Crippen molar-refractivity contribution in [2.24, 2.45) is 0 Å². The maximum absolute atomic E-state index is 12.7. The molecule has 2 rings (SSSR count). The maximum atomic E-state index is 12.7. The molecule has 1 N–H and O–H groups in total. The average molecular weight is 195 g/mol. The van der Waals surface area contributed by atoms with Crippen LogP contribution in [-0.2, 0) is 4.74 Å². The molecule has 0 spiro atoms. The van der Waals surface area contributed by atoms with Crippen LogP contribution in [0.2, 0.25) is 0 Å². The van der Waals surface area contributed by atoms with Crippen molar-refractivity contribution in [2.45, 2.75) is 25.3 Å². The van der Waals surface area contributed by atoms with Gasteiger partial charge in [0.15, 0.2) is 0 Å². The molecule has 0 saturated carbocycles. The molecule has 0 aliphatic carbocycles. The minimum absolute atomic E-state index is 0.0686. The van der Waals surface area contributed by atoms with E-state index in [2.05, 4.69) is 5.32 Å². The van der Waals surface area contributed by atoms with E-state index in [-0.39, 0.29) is 18.4 Å². The van der Waals surface area contributed by atoms with Crippen molar-refractivity contribution in [3.8, 4) is 0 Å². The monoisotopic (exact) mass is 195 g/mol. The van der Waals surface area contributed by atoms with Gasteiger partial charge in [-0.05, 0) is 12.5 Å². The second-order valence-electron chi connectivity index (χ2n) is 3.54. The molecule has 14 heavy (non-hydrogen) atoms. The van der Waals surface area contributed by atoms with Crippen LogP contribution in [0.3, 0.4) is 0 Å². The summed E-state index contributed by atoms with van der Waals surface area (Å²) in [5.74, 6) is 0. The topological polar surface area (TPSA) is 21.3 Å². The first-order chi connectivity index (χ1) is 6.81. The van der Waals surface area contributed by atoms with Crippen LogP contribution in [0.15, 0.2) is 30.3 Å². The minimum atomic E-state index is -0.399. The summed E-state index contributed by atoms with van der Waals surface area (Å²) in [4.78, 5) is 0. The summed E-state index contributed by atoms with van der Waals surface area (Å²) in [6.45, 7) is 1.50. The third-order valence-electron chi connectivity index (χ3n) is 2.46. The van der Waals surface area contributed by atoms with Gasteiger partial charge in [0, 0.05) is 0 Å².